The van der Waals surface area contributed by atoms with Crippen molar-refractivity contribution in [3.63, 3.8) is 0 Å². The van der Waals surface area contributed by atoms with Crippen LogP contribution < -0.4 is 0 Å². The number of nitrogens with zero attached hydrogens (tertiary/aromatic N) is 1. The molecule has 0 aromatic heterocycles. The third-order valence-corrected chi connectivity index (χ3v) is 3.82. The number of phenolic OH excluding ortho intramolecular Hbond substituents is 1. The maximum Gasteiger partial charge on any atom is 0.128 e. The fourth-order valence-electron chi connectivity index (χ4n) is 2.17. The molecule has 2 aromatic rings. The molecule has 0 fully saturated rings. The number of aliphatic imine (C=N–C) groups is 1. The van der Waals surface area contributed by atoms with Gasteiger partial charge in [0, 0.05) is 21.8 Å². The molecule has 0 unspecified atom stereocenters. The first kappa shape index (κ1) is 16.7. The summed E-state index contributed by atoms with van der Waals surface area (Å²) < 4.78 is 0.904. The van der Waals surface area contributed by atoms with Gasteiger partial charge in [-0.3, -0.25) is 4.99 Å². The SMILES string of the molecule is CC(C)(C)c1cc(Br)cc(C=Nc2cccc(CO)c2)c1O. The van der Waals surface area contributed by atoms with Crippen molar-refractivity contribution in [2.24, 2.45) is 4.99 Å². The van der Waals surface area contributed by atoms with E-state index in [4.69, 9.17) is 5.11 Å². The molecule has 2 rings (SSSR count). The first-order valence-corrected chi connectivity index (χ1v) is 7.87. The number of hydrogen-bond donors (Lipinski definition) is 2. The standard InChI is InChI=1S/C18H20BrNO2/c1-18(2,3)16-9-14(19)8-13(17(16)22)10-20-15-6-4-5-12(7-15)11-21/h4-10,21-22H,11H2,1-3H3. The largest absolute Gasteiger partial charge is 0.507 e. The summed E-state index contributed by atoms with van der Waals surface area (Å²) >= 11 is 3.48. The number of rotatable bonds is 3. The molecule has 0 spiro atoms. The van der Waals surface area contributed by atoms with Gasteiger partial charge in [-0.15, -0.1) is 0 Å². The molecule has 0 bridgehead atoms. The lowest BCUT2D eigenvalue weighted by atomic mass is 9.85. The highest BCUT2D eigenvalue weighted by Gasteiger charge is 2.20. The first-order chi connectivity index (χ1) is 10.3. The Bertz CT molecular complexity index is 703. The highest BCUT2D eigenvalue weighted by molar-refractivity contribution is 9.10. The van der Waals surface area contributed by atoms with Gasteiger partial charge in [0.2, 0.25) is 0 Å². The molecule has 0 aliphatic heterocycles. The maximum atomic E-state index is 10.5. The van der Waals surface area contributed by atoms with Gasteiger partial charge >= 0.3 is 0 Å². The Morgan fingerprint density at radius 1 is 1.18 bits per heavy atom. The van der Waals surface area contributed by atoms with Gasteiger partial charge in [-0.05, 0) is 35.2 Å². The monoisotopic (exact) mass is 361 g/mol. The Morgan fingerprint density at radius 3 is 2.55 bits per heavy atom. The maximum absolute atomic E-state index is 10.5. The van der Waals surface area contributed by atoms with Crippen molar-refractivity contribution < 1.29 is 10.2 Å². The number of aliphatic hydroxyl groups is 1. The Balaban J connectivity index is 2.41. The normalized spacial score (nSPS) is 12.0. The van der Waals surface area contributed by atoms with E-state index < -0.39 is 0 Å². The molecule has 0 aliphatic carbocycles. The third-order valence-electron chi connectivity index (χ3n) is 3.36. The minimum atomic E-state index is -0.159. The van der Waals surface area contributed by atoms with E-state index in [0.717, 1.165) is 21.3 Å². The molecule has 0 aliphatic rings. The Kier molecular flexibility index (Phi) is 5.04. The van der Waals surface area contributed by atoms with Crippen molar-refractivity contribution in [1.29, 1.82) is 0 Å². The predicted molar refractivity (Wildman–Crippen MR) is 94.1 cm³/mol. The van der Waals surface area contributed by atoms with Gasteiger partial charge in [0.05, 0.1) is 12.3 Å². The Labute approximate surface area is 139 Å². The van der Waals surface area contributed by atoms with Crippen molar-refractivity contribution in [3.05, 3.63) is 57.6 Å². The second-order valence-electron chi connectivity index (χ2n) is 6.23. The van der Waals surface area contributed by atoms with Crippen LogP contribution in [0.1, 0.15) is 37.5 Å². The lowest BCUT2D eigenvalue weighted by Crippen LogP contribution is -2.12. The van der Waals surface area contributed by atoms with E-state index in [2.05, 4.69) is 41.7 Å². The fraction of sp³-hybridized carbons (Fsp3) is 0.278. The van der Waals surface area contributed by atoms with Gasteiger partial charge < -0.3 is 10.2 Å². The van der Waals surface area contributed by atoms with Gasteiger partial charge in [-0.2, -0.15) is 0 Å². The zero-order valence-electron chi connectivity index (χ0n) is 13.0. The predicted octanol–water partition coefficient (Wildman–Crippen LogP) is 4.70. The molecule has 4 heteroatoms. The van der Waals surface area contributed by atoms with Crippen LogP contribution in [0.3, 0.4) is 0 Å². The summed E-state index contributed by atoms with van der Waals surface area (Å²) in [6, 6.07) is 11.1. The number of aromatic hydroxyl groups is 1. The van der Waals surface area contributed by atoms with Crippen LogP contribution in [0.15, 0.2) is 45.9 Å². The molecule has 0 atom stereocenters. The lowest BCUT2D eigenvalue weighted by Gasteiger charge is -2.21. The third kappa shape index (κ3) is 3.96. The molecule has 0 saturated carbocycles. The van der Waals surface area contributed by atoms with Gasteiger partial charge in [-0.25, -0.2) is 0 Å². The smallest absolute Gasteiger partial charge is 0.128 e. The van der Waals surface area contributed by atoms with E-state index in [1.807, 2.05) is 36.4 Å². The average molecular weight is 362 g/mol. The zero-order chi connectivity index (χ0) is 16.3. The quantitative estimate of drug-likeness (QED) is 0.778. The molecule has 0 saturated heterocycles. The van der Waals surface area contributed by atoms with Crippen LogP contribution in [0.2, 0.25) is 0 Å². The molecular weight excluding hydrogens is 342 g/mol. The number of phenols is 1. The number of hydrogen-bond acceptors (Lipinski definition) is 3. The van der Waals surface area contributed by atoms with Gasteiger partial charge in [-0.1, -0.05) is 48.8 Å². The van der Waals surface area contributed by atoms with E-state index in [9.17, 15) is 5.11 Å². The topological polar surface area (TPSA) is 52.8 Å². The minimum Gasteiger partial charge on any atom is -0.507 e. The van der Waals surface area contributed by atoms with Crippen molar-refractivity contribution >= 4 is 27.8 Å². The zero-order valence-corrected chi connectivity index (χ0v) is 14.6. The summed E-state index contributed by atoms with van der Waals surface area (Å²) in [5, 5.41) is 19.6. The Morgan fingerprint density at radius 2 is 1.91 bits per heavy atom. The summed E-state index contributed by atoms with van der Waals surface area (Å²) in [6.07, 6.45) is 1.64. The average Bonchev–Trinajstić information content (AvgIpc) is 2.47. The lowest BCUT2D eigenvalue weighted by molar-refractivity contribution is 0.282. The Hall–Kier alpha value is -1.65. The molecule has 22 heavy (non-hydrogen) atoms. The first-order valence-electron chi connectivity index (χ1n) is 7.08. The second-order valence-corrected chi connectivity index (χ2v) is 7.14. The molecular formula is C18H20BrNO2. The van der Waals surface area contributed by atoms with Crippen molar-refractivity contribution in [2.45, 2.75) is 32.8 Å². The molecule has 3 nitrogen and oxygen atoms in total. The van der Waals surface area contributed by atoms with E-state index in [-0.39, 0.29) is 17.8 Å². The summed E-state index contributed by atoms with van der Waals surface area (Å²) in [4.78, 5) is 4.39. The van der Waals surface area contributed by atoms with Crippen molar-refractivity contribution in [2.75, 3.05) is 0 Å². The van der Waals surface area contributed by atoms with E-state index in [0.29, 0.717) is 5.56 Å². The van der Waals surface area contributed by atoms with Crippen LogP contribution in [0, 0.1) is 0 Å². The van der Waals surface area contributed by atoms with Crippen molar-refractivity contribution in [3.8, 4) is 5.75 Å². The van der Waals surface area contributed by atoms with Crippen LogP contribution >= 0.6 is 15.9 Å². The number of benzene rings is 2. The van der Waals surface area contributed by atoms with Crippen LogP contribution in [-0.2, 0) is 12.0 Å². The van der Waals surface area contributed by atoms with Crippen LogP contribution in [0.25, 0.3) is 0 Å². The molecule has 2 aromatic carbocycles. The van der Waals surface area contributed by atoms with Crippen molar-refractivity contribution in [1.82, 2.24) is 0 Å². The van der Waals surface area contributed by atoms with Gasteiger partial charge in [0.1, 0.15) is 5.75 Å². The summed E-state index contributed by atoms with van der Waals surface area (Å²) in [5.41, 5.74) is 2.92. The van der Waals surface area contributed by atoms with Crippen LogP contribution in [-0.4, -0.2) is 16.4 Å². The second kappa shape index (κ2) is 6.63. The van der Waals surface area contributed by atoms with Crippen LogP contribution in [0.5, 0.6) is 5.75 Å². The summed E-state index contributed by atoms with van der Waals surface area (Å²) in [5.74, 6) is 0.248. The van der Waals surface area contributed by atoms with E-state index in [1.54, 1.807) is 6.21 Å². The fourth-order valence-corrected chi connectivity index (χ4v) is 2.65. The van der Waals surface area contributed by atoms with Gasteiger partial charge in [0.25, 0.3) is 0 Å². The molecule has 0 heterocycles. The molecule has 2 N–H and O–H groups in total. The highest BCUT2D eigenvalue weighted by atomic mass is 79.9. The molecule has 0 radical (unpaired) electrons. The molecule has 0 amide bonds. The highest BCUT2D eigenvalue weighted by Crippen LogP contribution is 2.35. The number of aliphatic hydroxyl groups excluding tert-OH is 1. The van der Waals surface area contributed by atoms with E-state index in [1.165, 1.54) is 0 Å². The summed E-state index contributed by atoms with van der Waals surface area (Å²) in [7, 11) is 0. The van der Waals surface area contributed by atoms with E-state index >= 15 is 0 Å². The number of halogens is 1. The molecule has 116 valence electrons. The summed E-state index contributed by atoms with van der Waals surface area (Å²) in [6.45, 7) is 6.15. The van der Waals surface area contributed by atoms with Gasteiger partial charge in [0.15, 0.2) is 0 Å². The minimum absolute atomic E-state index is 0.0142. The van der Waals surface area contributed by atoms with Crippen LogP contribution in [0.4, 0.5) is 5.69 Å².